The van der Waals surface area contributed by atoms with Gasteiger partial charge >= 0.3 is 12.4 Å². The van der Waals surface area contributed by atoms with Crippen molar-refractivity contribution in [1.29, 1.82) is 0 Å². The van der Waals surface area contributed by atoms with Crippen molar-refractivity contribution in [3.63, 3.8) is 0 Å². The van der Waals surface area contributed by atoms with Crippen molar-refractivity contribution < 1.29 is 35.9 Å². The number of amides is 1. The predicted octanol–water partition coefficient (Wildman–Crippen LogP) is 5.24. The van der Waals surface area contributed by atoms with Gasteiger partial charge in [0.1, 0.15) is 6.10 Å². The van der Waals surface area contributed by atoms with Gasteiger partial charge in [-0.25, -0.2) is 4.98 Å². The fourth-order valence-electron chi connectivity index (χ4n) is 3.27. The van der Waals surface area contributed by atoms with Crippen LogP contribution >= 0.6 is 0 Å². The molecule has 1 aliphatic rings. The van der Waals surface area contributed by atoms with Crippen LogP contribution in [-0.4, -0.2) is 23.0 Å². The van der Waals surface area contributed by atoms with Crippen LogP contribution in [0.3, 0.4) is 0 Å². The van der Waals surface area contributed by atoms with Crippen LogP contribution in [-0.2, 0) is 12.4 Å². The van der Waals surface area contributed by atoms with Gasteiger partial charge in [0.2, 0.25) is 5.88 Å². The molecular weight excluding hydrogens is 414 g/mol. The summed E-state index contributed by atoms with van der Waals surface area (Å²) in [5.41, 5.74) is -3.71. The Balaban J connectivity index is 1.65. The van der Waals surface area contributed by atoms with Gasteiger partial charge in [-0.3, -0.25) is 4.79 Å². The number of ether oxygens (including phenoxy) is 1. The van der Waals surface area contributed by atoms with Crippen molar-refractivity contribution >= 4 is 5.91 Å². The molecule has 0 spiro atoms. The first kappa shape index (κ1) is 21.9. The number of benzene rings is 1. The molecule has 2 aromatic rings. The SMILES string of the molecule is O=C(NC1CCC(Oc2ccccn2)CC1)c1cc(C(F)(F)F)cc(C(F)(F)F)c1. The normalized spacial score (nSPS) is 19.9. The molecule has 1 amide bonds. The van der Waals surface area contributed by atoms with Crippen LogP contribution in [0.25, 0.3) is 0 Å². The van der Waals surface area contributed by atoms with Gasteiger partial charge in [0.15, 0.2) is 0 Å². The lowest BCUT2D eigenvalue weighted by Gasteiger charge is -2.29. The lowest BCUT2D eigenvalue weighted by atomic mass is 9.92. The Morgan fingerprint density at radius 1 is 0.933 bits per heavy atom. The minimum atomic E-state index is -5.00. The number of nitrogens with one attached hydrogen (secondary N) is 1. The number of carbonyl (C=O) groups is 1. The van der Waals surface area contributed by atoms with Crippen molar-refractivity contribution in [1.82, 2.24) is 10.3 Å². The van der Waals surface area contributed by atoms with Crippen LogP contribution in [0.1, 0.15) is 47.2 Å². The van der Waals surface area contributed by atoms with Crippen LogP contribution in [0.15, 0.2) is 42.6 Å². The molecule has 0 atom stereocenters. The minimum absolute atomic E-state index is 0.00303. The Kier molecular flexibility index (Phi) is 6.23. The van der Waals surface area contributed by atoms with Gasteiger partial charge in [0, 0.05) is 23.9 Å². The van der Waals surface area contributed by atoms with E-state index in [2.05, 4.69) is 10.3 Å². The standard InChI is InChI=1S/C20H18F6N2O2/c21-19(22,23)13-9-12(10-14(11-13)20(24,25)26)18(29)28-15-4-6-16(7-5-15)30-17-3-1-2-8-27-17/h1-3,8-11,15-16H,4-7H2,(H,28,29). The summed E-state index contributed by atoms with van der Waals surface area (Å²) >= 11 is 0. The summed E-state index contributed by atoms with van der Waals surface area (Å²) < 4.78 is 83.5. The van der Waals surface area contributed by atoms with Crippen LogP contribution in [0.5, 0.6) is 5.88 Å². The molecule has 10 heteroatoms. The van der Waals surface area contributed by atoms with Gasteiger partial charge in [-0.1, -0.05) is 6.07 Å². The number of rotatable bonds is 4. The Labute approximate surface area is 168 Å². The van der Waals surface area contributed by atoms with Gasteiger partial charge < -0.3 is 10.1 Å². The Bertz CT molecular complexity index is 843. The molecule has 0 bridgehead atoms. The number of pyridine rings is 1. The summed E-state index contributed by atoms with van der Waals surface area (Å²) in [6.45, 7) is 0. The number of hydrogen-bond donors (Lipinski definition) is 1. The zero-order valence-electron chi connectivity index (χ0n) is 15.6. The molecule has 1 fully saturated rings. The molecule has 30 heavy (non-hydrogen) atoms. The van der Waals surface area contributed by atoms with Gasteiger partial charge in [-0.2, -0.15) is 26.3 Å². The van der Waals surface area contributed by atoms with Crippen molar-refractivity contribution in [2.45, 2.75) is 50.2 Å². The first-order chi connectivity index (χ1) is 14.0. The van der Waals surface area contributed by atoms with Gasteiger partial charge in [0.25, 0.3) is 5.91 Å². The molecule has 1 N–H and O–H groups in total. The largest absolute Gasteiger partial charge is 0.474 e. The monoisotopic (exact) mass is 432 g/mol. The number of aromatic nitrogens is 1. The van der Waals surface area contributed by atoms with E-state index in [1.165, 1.54) is 0 Å². The Morgan fingerprint density at radius 2 is 1.53 bits per heavy atom. The van der Waals surface area contributed by atoms with E-state index in [0.29, 0.717) is 43.7 Å². The number of hydrogen-bond acceptors (Lipinski definition) is 3. The summed E-state index contributed by atoms with van der Waals surface area (Å²) in [5, 5.41) is 2.53. The molecule has 1 aliphatic carbocycles. The summed E-state index contributed by atoms with van der Waals surface area (Å²) in [4.78, 5) is 16.4. The molecule has 3 rings (SSSR count). The topological polar surface area (TPSA) is 51.2 Å². The van der Waals surface area contributed by atoms with Gasteiger partial charge in [0.05, 0.1) is 11.1 Å². The highest BCUT2D eigenvalue weighted by molar-refractivity contribution is 5.94. The molecule has 162 valence electrons. The van der Waals surface area contributed by atoms with Crippen molar-refractivity contribution in [3.8, 4) is 5.88 Å². The molecule has 4 nitrogen and oxygen atoms in total. The maximum Gasteiger partial charge on any atom is 0.416 e. The zero-order valence-corrected chi connectivity index (χ0v) is 15.6. The fourth-order valence-corrected chi connectivity index (χ4v) is 3.27. The highest BCUT2D eigenvalue weighted by Crippen LogP contribution is 2.36. The van der Waals surface area contributed by atoms with E-state index in [1.807, 2.05) is 0 Å². The second-order valence-corrected chi connectivity index (χ2v) is 7.03. The van der Waals surface area contributed by atoms with Crippen LogP contribution in [0, 0.1) is 0 Å². The third kappa shape index (κ3) is 5.64. The fraction of sp³-hybridized carbons (Fsp3) is 0.400. The van der Waals surface area contributed by atoms with Gasteiger partial charge in [-0.15, -0.1) is 0 Å². The lowest BCUT2D eigenvalue weighted by Crippen LogP contribution is -2.40. The Hall–Kier alpha value is -2.78. The number of carbonyl (C=O) groups excluding carboxylic acids is 1. The smallest absolute Gasteiger partial charge is 0.416 e. The molecule has 1 aromatic heterocycles. The highest BCUT2D eigenvalue weighted by Gasteiger charge is 2.37. The van der Waals surface area contributed by atoms with Crippen LogP contribution in [0.2, 0.25) is 0 Å². The minimum Gasteiger partial charge on any atom is -0.474 e. The maximum absolute atomic E-state index is 13.0. The molecule has 0 unspecified atom stereocenters. The average molecular weight is 432 g/mol. The molecule has 0 aliphatic heterocycles. The van der Waals surface area contributed by atoms with Crippen molar-refractivity contribution in [2.24, 2.45) is 0 Å². The quantitative estimate of drug-likeness (QED) is 0.673. The summed E-state index contributed by atoms with van der Waals surface area (Å²) in [7, 11) is 0. The zero-order chi connectivity index (χ0) is 21.9. The van der Waals surface area contributed by atoms with E-state index < -0.39 is 35.0 Å². The van der Waals surface area contributed by atoms with Gasteiger partial charge in [-0.05, 0) is 49.9 Å². The number of alkyl halides is 6. The predicted molar refractivity (Wildman–Crippen MR) is 94.8 cm³/mol. The Morgan fingerprint density at radius 3 is 2.03 bits per heavy atom. The molecule has 1 heterocycles. The van der Waals surface area contributed by atoms with E-state index in [-0.39, 0.29) is 18.2 Å². The third-order valence-corrected chi connectivity index (χ3v) is 4.78. The lowest BCUT2D eigenvalue weighted by molar-refractivity contribution is -0.143. The first-order valence-corrected chi connectivity index (χ1v) is 9.20. The molecule has 0 radical (unpaired) electrons. The van der Waals surface area contributed by atoms with E-state index in [9.17, 15) is 31.1 Å². The number of nitrogens with zero attached hydrogens (tertiary/aromatic N) is 1. The van der Waals surface area contributed by atoms with E-state index in [0.717, 1.165) is 0 Å². The summed E-state index contributed by atoms with van der Waals surface area (Å²) in [6.07, 6.45) is -6.45. The van der Waals surface area contributed by atoms with Crippen LogP contribution in [0.4, 0.5) is 26.3 Å². The third-order valence-electron chi connectivity index (χ3n) is 4.78. The van der Waals surface area contributed by atoms with E-state index >= 15 is 0 Å². The first-order valence-electron chi connectivity index (χ1n) is 9.20. The second-order valence-electron chi connectivity index (χ2n) is 7.03. The molecular formula is C20H18F6N2O2. The molecule has 0 saturated heterocycles. The van der Waals surface area contributed by atoms with Crippen LogP contribution < -0.4 is 10.1 Å². The molecule has 1 aromatic carbocycles. The van der Waals surface area contributed by atoms with Crippen molar-refractivity contribution in [3.05, 3.63) is 59.3 Å². The van der Waals surface area contributed by atoms with Crippen molar-refractivity contribution in [2.75, 3.05) is 0 Å². The van der Waals surface area contributed by atoms with E-state index in [4.69, 9.17) is 4.74 Å². The highest BCUT2D eigenvalue weighted by atomic mass is 19.4. The maximum atomic E-state index is 13.0. The average Bonchev–Trinajstić information content (AvgIpc) is 2.68. The van der Waals surface area contributed by atoms with E-state index in [1.54, 1.807) is 24.4 Å². The second kappa shape index (κ2) is 8.53. The summed E-state index contributed by atoms with van der Waals surface area (Å²) in [5.74, 6) is -0.505. The number of halogens is 6. The molecule has 1 saturated carbocycles. The summed E-state index contributed by atoms with van der Waals surface area (Å²) in [6, 6.07) is 5.72.